The van der Waals surface area contributed by atoms with Crippen LogP contribution in [0.2, 0.25) is 0 Å². The van der Waals surface area contributed by atoms with Crippen LogP contribution in [0.3, 0.4) is 0 Å². The molecule has 2 heterocycles. The van der Waals surface area contributed by atoms with Crippen molar-refractivity contribution in [2.24, 2.45) is 5.73 Å². The molecule has 0 saturated heterocycles. The molecule has 112 valence electrons. The van der Waals surface area contributed by atoms with Gasteiger partial charge in [0.1, 0.15) is 5.69 Å². The van der Waals surface area contributed by atoms with E-state index in [1.54, 1.807) is 6.20 Å². The molecule has 6 nitrogen and oxygen atoms in total. The molecule has 0 aliphatic heterocycles. The predicted octanol–water partition coefficient (Wildman–Crippen LogP) is 1.36. The summed E-state index contributed by atoms with van der Waals surface area (Å²) in [5, 5.41) is 5.84. The first kappa shape index (κ1) is 14.2. The Balaban J connectivity index is 1.66. The number of hydrogen-bond donors (Lipinski definition) is 2. The minimum absolute atomic E-state index is 0.0912. The number of nitrogens with zero attached hydrogens (tertiary/aromatic N) is 3. The van der Waals surface area contributed by atoms with Crippen molar-refractivity contribution < 1.29 is 4.79 Å². The second-order valence-electron chi connectivity index (χ2n) is 5.25. The van der Waals surface area contributed by atoms with Crippen LogP contribution in [-0.2, 0) is 6.42 Å². The highest BCUT2D eigenvalue weighted by molar-refractivity contribution is 7.09. The van der Waals surface area contributed by atoms with E-state index in [1.807, 2.05) is 17.9 Å². The van der Waals surface area contributed by atoms with Gasteiger partial charge in [0.05, 0.1) is 17.4 Å². The lowest BCUT2D eigenvalue weighted by molar-refractivity contribution is 0.0924. The van der Waals surface area contributed by atoms with E-state index < -0.39 is 0 Å². The molecule has 1 amide bonds. The quantitative estimate of drug-likeness (QED) is 0.873. The first-order valence-electron chi connectivity index (χ1n) is 7.20. The van der Waals surface area contributed by atoms with Gasteiger partial charge in [-0.15, -0.1) is 11.3 Å². The molecule has 3 N–H and O–H groups in total. The topological polar surface area (TPSA) is 85.8 Å². The summed E-state index contributed by atoms with van der Waals surface area (Å²) in [6, 6.07) is 0.435. The van der Waals surface area contributed by atoms with Gasteiger partial charge in [0, 0.05) is 30.2 Å². The average Bonchev–Trinajstić information content (AvgIpc) is 3.19. The molecule has 1 aliphatic rings. The number of imidazole rings is 1. The number of rotatable bonds is 5. The molecular weight excluding hydrogens is 286 g/mol. The third kappa shape index (κ3) is 3.14. The molecule has 0 aromatic carbocycles. The second kappa shape index (κ2) is 6.36. The van der Waals surface area contributed by atoms with Crippen molar-refractivity contribution in [1.82, 2.24) is 19.9 Å². The van der Waals surface area contributed by atoms with E-state index in [0.29, 0.717) is 18.3 Å². The standard InChI is InChI=1S/C14H19N5OS/c15-5-4-13-17-11(8-21-13)14(20)18-10-2-1-3-12(10)19-7-6-16-9-19/h6-10,12H,1-5,15H2,(H,18,20). The first-order chi connectivity index (χ1) is 10.3. The zero-order chi connectivity index (χ0) is 14.7. The van der Waals surface area contributed by atoms with Gasteiger partial charge in [-0.05, 0) is 25.8 Å². The SMILES string of the molecule is NCCc1nc(C(=O)NC2CCCC2n2ccnc2)cs1. The summed E-state index contributed by atoms with van der Waals surface area (Å²) in [6.45, 7) is 0.555. The fourth-order valence-corrected chi connectivity index (χ4v) is 3.62. The minimum Gasteiger partial charge on any atom is -0.346 e. The molecule has 0 radical (unpaired) electrons. The van der Waals surface area contributed by atoms with E-state index >= 15 is 0 Å². The van der Waals surface area contributed by atoms with Gasteiger partial charge in [0.15, 0.2) is 0 Å². The Morgan fingerprint density at radius 3 is 3.19 bits per heavy atom. The maximum atomic E-state index is 12.3. The maximum Gasteiger partial charge on any atom is 0.271 e. The van der Waals surface area contributed by atoms with Gasteiger partial charge in [-0.3, -0.25) is 4.79 Å². The van der Waals surface area contributed by atoms with Crippen LogP contribution in [-0.4, -0.2) is 33.0 Å². The first-order valence-corrected chi connectivity index (χ1v) is 8.08. The lowest BCUT2D eigenvalue weighted by Gasteiger charge is -2.21. The Labute approximate surface area is 127 Å². The number of nitrogens with two attached hydrogens (primary N) is 1. The van der Waals surface area contributed by atoms with Crippen molar-refractivity contribution in [2.45, 2.75) is 37.8 Å². The number of amides is 1. The van der Waals surface area contributed by atoms with Gasteiger partial charge in [-0.1, -0.05) is 0 Å². The molecule has 7 heteroatoms. The summed E-state index contributed by atoms with van der Waals surface area (Å²) in [4.78, 5) is 20.7. The highest BCUT2D eigenvalue weighted by Gasteiger charge is 2.30. The van der Waals surface area contributed by atoms with Gasteiger partial charge in [-0.25, -0.2) is 9.97 Å². The lowest BCUT2D eigenvalue weighted by atomic mass is 10.1. The van der Waals surface area contributed by atoms with E-state index in [0.717, 1.165) is 30.7 Å². The number of hydrogen-bond acceptors (Lipinski definition) is 5. The molecule has 3 rings (SSSR count). The van der Waals surface area contributed by atoms with Gasteiger partial charge < -0.3 is 15.6 Å². The van der Waals surface area contributed by atoms with Crippen molar-refractivity contribution >= 4 is 17.2 Å². The molecule has 1 aliphatic carbocycles. The van der Waals surface area contributed by atoms with Gasteiger partial charge >= 0.3 is 0 Å². The Kier molecular flexibility index (Phi) is 4.31. The summed E-state index contributed by atoms with van der Waals surface area (Å²) in [6.07, 6.45) is 9.44. The van der Waals surface area contributed by atoms with Crippen LogP contribution >= 0.6 is 11.3 Å². The van der Waals surface area contributed by atoms with E-state index in [-0.39, 0.29) is 11.9 Å². The maximum absolute atomic E-state index is 12.3. The Morgan fingerprint density at radius 1 is 1.52 bits per heavy atom. The van der Waals surface area contributed by atoms with E-state index in [1.165, 1.54) is 11.3 Å². The second-order valence-corrected chi connectivity index (χ2v) is 6.20. The van der Waals surface area contributed by atoms with Gasteiger partial charge in [-0.2, -0.15) is 0 Å². The van der Waals surface area contributed by atoms with Crippen LogP contribution < -0.4 is 11.1 Å². The molecule has 2 aromatic heterocycles. The molecule has 2 aromatic rings. The summed E-state index contributed by atoms with van der Waals surface area (Å²) in [7, 11) is 0. The number of carbonyl (C=O) groups excluding carboxylic acids is 1. The van der Waals surface area contributed by atoms with Crippen molar-refractivity contribution in [2.75, 3.05) is 6.54 Å². The molecule has 2 atom stereocenters. The largest absolute Gasteiger partial charge is 0.346 e. The lowest BCUT2D eigenvalue weighted by Crippen LogP contribution is -2.38. The van der Waals surface area contributed by atoms with Crippen molar-refractivity contribution in [1.29, 1.82) is 0 Å². The molecular formula is C14H19N5OS. The summed E-state index contributed by atoms with van der Waals surface area (Å²) < 4.78 is 2.08. The van der Waals surface area contributed by atoms with Crippen LogP contribution in [0.5, 0.6) is 0 Å². The van der Waals surface area contributed by atoms with Crippen LogP contribution in [0, 0.1) is 0 Å². The van der Waals surface area contributed by atoms with E-state index in [2.05, 4.69) is 19.9 Å². The number of nitrogens with one attached hydrogen (secondary N) is 1. The number of thiazole rings is 1. The molecule has 1 fully saturated rings. The Morgan fingerprint density at radius 2 is 2.43 bits per heavy atom. The highest BCUT2D eigenvalue weighted by Crippen LogP contribution is 2.30. The van der Waals surface area contributed by atoms with Crippen molar-refractivity contribution in [3.8, 4) is 0 Å². The average molecular weight is 305 g/mol. The molecule has 21 heavy (non-hydrogen) atoms. The number of aromatic nitrogens is 3. The zero-order valence-electron chi connectivity index (χ0n) is 11.7. The minimum atomic E-state index is -0.0912. The predicted molar refractivity (Wildman–Crippen MR) is 81.2 cm³/mol. The third-order valence-corrected chi connectivity index (χ3v) is 4.75. The summed E-state index contributed by atoms with van der Waals surface area (Å²) in [5.74, 6) is -0.0912. The summed E-state index contributed by atoms with van der Waals surface area (Å²) >= 11 is 1.49. The molecule has 0 spiro atoms. The van der Waals surface area contributed by atoms with E-state index in [4.69, 9.17) is 5.73 Å². The Hall–Kier alpha value is -1.73. The summed E-state index contributed by atoms with van der Waals surface area (Å²) in [5.41, 5.74) is 6.01. The van der Waals surface area contributed by atoms with Crippen LogP contribution in [0.15, 0.2) is 24.1 Å². The molecule has 2 unspecified atom stereocenters. The molecule has 0 bridgehead atoms. The Bertz CT molecular complexity index is 594. The van der Waals surface area contributed by atoms with Crippen LogP contribution in [0.25, 0.3) is 0 Å². The smallest absolute Gasteiger partial charge is 0.271 e. The van der Waals surface area contributed by atoms with Crippen LogP contribution in [0.4, 0.5) is 0 Å². The van der Waals surface area contributed by atoms with Crippen LogP contribution in [0.1, 0.15) is 40.8 Å². The normalized spacial score (nSPS) is 21.6. The fourth-order valence-electron chi connectivity index (χ4n) is 2.83. The fraction of sp³-hybridized carbons (Fsp3) is 0.500. The van der Waals surface area contributed by atoms with Crippen molar-refractivity contribution in [3.63, 3.8) is 0 Å². The van der Waals surface area contributed by atoms with Crippen molar-refractivity contribution in [3.05, 3.63) is 34.8 Å². The molecule has 1 saturated carbocycles. The third-order valence-electron chi connectivity index (χ3n) is 3.85. The zero-order valence-corrected chi connectivity index (χ0v) is 12.6. The monoisotopic (exact) mass is 305 g/mol. The number of carbonyl (C=O) groups is 1. The van der Waals surface area contributed by atoms with Gasteiger partial charge in [0.2, 0.25) is 0 Å². The van der Waals surface area contributed by atoms with Gasteiger partial charge in [0.25, 0.3) is 5.91 Å². The highest BCUT2D eigenvalue weighted by atomic mass is 32.1. The van der Waals surface area contributed by atoms with E-state index in [9.17, 15) is 4.79 Å².